The second kappa shape index (κ2) is 6.17. The molecule has 0 aromatic rings. The van der Waals surface area contributed by atoms with Crippen LogP contribution in [0.4, 0.5) is 0 Å². The Morgan fingerprint density at radius 2 is 2.14 bits per heavy atom. The highest BCUT2D eigenvalue weighted by atomic mass is 31.0. The lowest BCUT2D eigenvalue weighted by Gasteiger charge is -1.79. The van der Waals surface area contributed by atoms with Gasteiger partial charge in [0.15, 0.2) is 0 Å². The van der Waals surface area contributed by atoms with E-state index in [0.717, 1.165) is 6.16 Å². The van der Waals surface area contributed by atoms with Crippen LogP contribution < -0.4 is 0 Å². The minimum Gasteiger partial charge on any atom is -0.0951 e. The normalized spacial score (nSPS) is 10.6. The van der Waals surface area contributed by atoms with E-state index in [1.807, 2.05) is 0 Å². The molecule has 0 aromatic carbocycles. The fourth-order valence-electron chi connectivity index (χ4n) is 0.368. The Balaban J connectivity index is 2.78. The van der Waals surface area contributed by atoms with E-state index in [9.17, 15) is 0 Å². The number of unbranched alkanes of at least 4 members (excludes halogenated alkanes) is 1. The third kappa shape index (κ3) is 6.17. The van der Waals surface area contributed by atoms with E-state index in [-0.39, 0.29) is 0 Å². The summed E-state index contributed by atoms with van der Waals surface area (Å²) in [5.74, 6) is 0. The molecule has 0 bridgehead atoms. The Morgan fingerprint density at radius 3 is 2.57 bits per heavy atom. The van der Waals surface area contributed by atoms with Crippen LogP contribution in [0.1, 0.15) is 19.8 Å². The Kier molecular flexibility index (Phi) is 6.32. The van der Waals surface area contributed by atoms with Crippen molar-refractivity contribution in [2.24, 2.45) is 0 Å². The Bertz CT molecular complexity index is 48.1. The number of hydrogen-bond donors (Lipinski definition) is 0. The van der Waals surface area contributed by atoms with E-state index in [4.69, 9.17) is 0 Å². The molecule has 0 amide bonds. The van der Waals surface area contributed by atoms with Crippen LogP contribution in [0.5, 0.6) is 0 Å². The van der Waals surface area contributed by atoms with Crippen molar-refractivity contribution in [2.45, 2.75) is 19.8 Å². The van der Waals surface area contributed by atoms with Gasteiger partial charge in [0, 0.05) is 0 Å². The standard InChI is InChI=1S/C6H12P/c1-2-3-4-5-6-7/h4-5,7H,2-3,6H2,1H3. The summed E-state index contributed by atoms with van der Waals surface area (Å²) in [5, 5.41) is 0. The number of rotatable bonds is 3. The molecule has 1 radical (unpaired) electrons. The van der Waals surface area contributed by atoms with E-state index in [0.29, 0.717) is 0 Å². The minimum atomic E-state index is 0.986. The monoisotopic (exact) mass is 115 g/mol. The van der Waals surface area contributed by atoms with Gasteiger partial charge in [0.2, 0.25) is 0 Å². The average Bonchev–Trinajstić information content (AvgIpc) is 1.69. The van der Waals surface area contributed by atoms with Gasteiger partial charge in [-0.2, -0.15) is 0 Å². The second-order valence-corrected chi connectivity index (χ2v) is 1.87. The minimum absolute atomic E-state index is 0.986. The topological polar surface area (TPSA) is 0 Å². The van der Waals surface area contributed by atoms with Gasteiger partial charge < -0.3 is 0 Å². The molecule has 1 heteroatoms. The van der Waals surface area contributed by atoms with Crippen molar-refractivity contribution < 1.29 is 0 Å². The van der Waals surface area contributed by atoms with Crippen molar-refractivity contribution in [3.05, 3.63) is 12.2 Å². The van der Waals surface area contributed by atoms with E-state index in [1.165, 1.54) is 12.8 Å². The SMILES string of the molecule is CCCC=CC[PH]. The van der Waals surface area contributed by atoms with Crippen LogP contribution in [-0.2, 0) is 0 Å². The third-order valence-corrected chi connectivity index (χ3v) is 0.976. The first-order chi connectivity index (χ1) is 3.41. The molecule has 0 atom stereocenters. The Labute approximate surface area is 48.2 Å². The summed E-state index contributed by atoms with van der Waals surface area (Å²) in [5.41, 5.74) is 0. The molecule has 0 unspecified atom stereocenters. The van der Waals surface area contributed by atoms with Crippen molar-refractivity contribution in [1.82, 2.24) is 0 Å². The predicted molar refractivity (Wildman–Crippen MR) is 37.2 cm³/mol. The van der Waals surface area contributed by atoms with Gasteiger partial charge in [0.1, 0.15) is 0 Å². The van der Waals surface area contributed by atoms with E-state index in [1.54, 1.807) is 0 Å². The zero-order chi connectivity index (χ0) is 5.54. The van der Waals surface area contributed by atoms with Crippen LogP contribution in [0.2, 0.25) is 0 Å². The highest BCUT2D eigenvalue weighted by Crippen LogP contribution is 1.89. The summed E-state index contributed by atoms with van der Waals surface area (Å²) in [6, 6.07) is 0. The molecule has 7 heavy (non-hydrogen) atoms. The van der Waals surface area contributed by atoms with E-state index >= 15 is 0 Å². The maximum absolute atomic E-state index is 3.33. The van der Waals surface area contributed by atoms with Gasteiger partial charge in [-0.1, -0.05) is 34.7 Å². The molecule has 0 fully saturated rings. The van der Waals surface area contributed by atoms with Gasteiger partial charge >= 0.3 is 0 Å². The lowest BCUT2D eigenvalue weighted by Crippen LogP contribution is -1.61. The molecular weight excluding hydrogens is 103 g/mol. The molecule has 0 nitrogen and oxygen atoms in total. The molecule has 0 aliphatic carbocycles. The largest absolute Gasteiger partial charge is 0.0951 e. The van der Waals surface area contributed by atoms with Crippen LogP contribution in [-0.4, -0.2) is 6.16 Å². The number of hydrogen-bond acceptors (Lipinski definition) is 0. The quantitative estimate of drug-likeness (QED) is 0.391. The summed E-state index contributed by atoms with van der Waals surface area (Å²) in [6.45, 7) is 2.18. The maximum atomic E-state index is 3.33. The van der Waals surface area contributed by atoms with Gasteiger partial charge in [-0.3, -0.25) is 0 Å². The molecule has 0 rings (SSSR count). The van der Waals surface area contributed by atoms with Crippen LogP contribution in [0.15, 0.2) is 12.2 Å². The van der Waals surface area contributed by atoms with Gasteiger partial charge in [0.25, 0.3) is 0 Å². The Morgan fingerprint density at radius 1 is 1.43 bits per heavy atom. The van der Waals surface area contributed by atoms with Crippen molar-refractivity contribution in [3.8, 4) is 0 Å². The maximum Gasteiger partial charge on any atom is -0.0136 e. The van der Waals surface area contributed by atoms with Gasteiger partial charge in [0.05, 0.1) is 0 Å². The highest BCUT2D eigenvalue weighted by Gasteiger charge is 1.68. The fraction of sp³-hybridized carbons (Fsp3) is 0.667. The molecule has 0 aliphatic rings. The highest BCUT2D eigenvalue weighted by molar-refractivity contribution is 7.16. The van der Waals surface area contributed by atoms with Gasteiger partial charge in [-0.05, 0) is 12.6 Å². The summed E-state index contributed by atoms with van der Waals surface area (Å²) >= 11 is 0. The molecular formula is C6H12P. The van der Waals surface area contributed by atoms with Crippen LogP contribution in [0.25, 0.3) is 0 Å². The first-order valence-corrected chi connectivity index (χ1v) is 3.42. The van der Waals surface area contributed by atoms with E-state index < -0.39 is 0 Å². The molecule has 0 spiro atoms. The molecule has 0 aliphatic heterocycles. The zero-order valence-electron chi connectivity index (χ0n) is 4.78. The number of allylic oxidation sites excluding steroid dienone is 2. The molecule has 0 saturated heterocycles. The van der Waals surface area contributed by atoms with E-state index in [2.05, 4.69) is 28.3 Å². The van der Waals surface area contributed by atoms with Crippen molar-refractivity contribution in [3.63, 3.8) is 0 Å². The first-order valence-electron chi connectivity index (χ1n) is 2.71. The molecule has 0 aromatic heterocycles. The van der Waals surface area contributed by atoms with Crippen molar-refractivity contribution >= 4 is 9.24 Å². The van der Waals surface area contributed by atoms with Crippen molar-refractivity contribution in [1.29, 1.82) is 0 Å². The predicted octanol–water partition coefficient (Wildman–Crippen LogP) is 2.49. The summed E-state index contributed by atoms with van der Waals surface area (Å²) in [7, 11) is 3.33. The van der Waals surface area contributed by atoms with Crippen LogP contribution >= 0.6 is 9.24 Å². The third-order valence-electron chi connectivity index (χ3n) is 0.740. The molecule has 41 valence electrons. The summed E-state index contributed by atoms with van der Waals surface area (Å²) in [6.07, 6.45) is 7.76. The Hall–Kier alpha value is 0.170. The zero-order valence-corrected chi connectivity index (χ0v) is 5.78. The lowest BCUT2D eigenvalue weighted by atomic mass is 10.3. The van der Waals surface area contributed by atoms with Crippen LogP contribution in [0.3, 0.4) is 0 Å². The fourth-order valence-corrected chi connectivity index (χ4v) is 0.535. The molecule has 0 heterocycles. The smallest absolute Gasteiger partial charge is 0.0136 e. The lowest BCUT2D eigenvalue weighted by molar-refractivity contribution is 0.957. The van der Waals surface area contributed by atoms with Gasteiger partial charge in [-0.15, -0.1) is 0 Å². The second-order valence-electron chi connectivity index (χ2n) is 1.46. The molecule has 0 saturated carbocycles. The summed E-state index contributed by atoms with van der Waals surface area (Å²) < 4.78 is 0. The first kappa shape index (κ1) is 7.17. The van der Waals surface area contributed by atoms with Crippen molar-refractivity contribution in [2.75, 3.05) is 6.16 Å². The van der Waals surface area contributed by atoms with Crippen LogP contribution in [0, 0.1) is 0 Å². The summed E-state index contributed by atoms with van der Waals surface area (Å²) in [4.78, 5) is 0. The van der Waals surface area contributed by atoms with Gasteiger partial charge in [-0.25, -0.2) is 0 Å². The average molecular weight is 115 g/mol. The molecule has 0 N–H and O–H groups in total.